The fraction of sp³-hybridized carbons (Fsp3) is 0.208. The summed E-state index contributed by atoms with van der Waals surface area (Å²) in [5, 5.41) is 6.59. The summed E-state index contributed by atoms with van der Waals surface area (Å²) in [5.41, 5.74) is 1.86. The van der Waals surface area contributed by atoms with Gasteiger partial charge >= 0.3 is 0 Å². The fourth-order valence-electron chi connectivity index (χ4n) is 4.24. The summed E-state index contributed by atoms with van der Waals surface area (Å²) in [6, 6.07) is 23.2. The Morgan fingerprint density at radius 2 is 1.57 bits per heavy atom. The smallest absolute Gasteiger partial charge is 0.265 e. The van der Waals surface area contributed by atoms with Crippen LogP contribution in [0, 0.1) is 0 Å². The number of hydrogen-bond acceptors (Lipinski definition) is 3. The van der Waals surface area contributed by atoms with Crippen LogP contribution in [0.2, 0.25) is 0 Å². The zero-order chi connectivity index (χ0) is 20.6. The van der Waals surface area contributed by atoms with Gasteiger partial charge in [0.1, 0.15) is 10.6 Å². The summed E-state index contributed by atoms with van der Waals surface area (Å²) in [4.78, 5) is 0.216. The number of nitrogens with zero attached hydrogens (tertiary/aromatic N) is 2. The van der Waals surface area contributed by atoms with E-state index in [2.05, 4.69) is 4.72 Å². The zero-order valence-corrected chi connectivity index (χ0v) is 17.3. The molecule has 3 aromatic carbocycles. The molecule has 1 fully saturated rings. The first kappa shape index (κ1) is 18.9. The van der Waals surface area contributed by atoms with E-state index in [4.69, 9.17) is 5.10 Å². The first-order valence-electron chi connectivity index (χ1n) is 10.3. The molecule has 0 amide bonds. The van der Waals surface area contributed by atoms with Gasteiger partial charge in [0.25, 0.3) is 10.0 Å². The van der Waals surface area contributed by atoms with Gasteiger partial charge in [-0.1, -0.05) is 79.6 Å². The van der Waals surface area contributed by atoms with Gasteiger partial charge in [-0.05, 0) is 24.3 Å². The lowest BCUT2D eigenvalue weighted by Gasteiger charge is -2.11. The van der Waals surface area contributed by atoms with E-state index in [1.165, 1.54) is 0 Å². The maximum Gasteiger partial charge on any atom is 0.265 e. The van der Waals surface area contributed by atoms with Crippen molar-refractivity contribution in [2.45, 2.75) is 36.6 Å². The Labute approximate surface area is 176 Å². The highest BCUT2D eigenvalue weighted by Gasteiger charge is 2.27. The molecule has 1 aromatic heterocycles. The molecule has 152 valence electrons. The predicted octanol–water partition coefficient (Wildman–Crippen LogP) is 5.62. The summed E-state index contributed by atoms with van der Waals surface area (Å²) in [6.07, 6.45) is 6.08. The lowest BCUT2D eigenvalue weighted by molar-refractivity contribution is 0.467. The van der Waals surface area contributed by atoms with Crippen molar-refractivity contribution in [3.05, 3.63) is 79.0 Å². The molecule has 0 aliphatic heterocycles. The Kier molecular flexibility index (Phi) is 4.79. The third-order valence-electron chi connectivity index (χ3n) is 5.77. The molecule has 1 saturated carbocycles. The molecule has 0 unspecified atom stereocenters. The standard InChI is InChI=1S/C24H23N3O2S/c28-30(29,26-22-16-8-12-18-9-4-7-15-21(18)22)23-17-27(20-13-5-6-14-20)25-24(23)19-10-2-1-3-11-19/h1-4,7-12,15-17,20,26H,5-6,13-14H2. The van der Waals surface area contributed by atoms with E-state index in [9.17, 15) is 8.42 Å². The highest BCUT2D eigenvalue weighted by atomic mass is 32.2. The molecular formula is C24H23N3O2S. The van der Waals surface area contributed by atoms with Crippen LogP contribution in [0.5, 0.6) is 0 Å². The van der Waals surface area contributed by atoms with Crippen LogP contribution in [0.3, 0.4) is 0 Å². The minimum absolute atomic E-state index is 0.216. The zero-order valence-electron chi connectivity index (χ0n) is 16.5. The van der Waals surface area contributed by atoms with Crippen LogP contribution in [0.15, 0.2) is 83.9 Å². The van der Waals surface area contributed by atoms with Crippen LogP contribution in [0.25, 0.3) is 22.0 Å². The minimum atomic E-state index is -3.83. The normalized spacial score (nSPS) is 14.9. The van der Waals surface area contributed by atoms with Gasteiger partial charge in [-0.3, -0.25) is 9.40 Å². The molecule has 1 aliphatic rings. The van der Waals surface area contributed by atoms with Crippen LogP contribution in [0.4, 0.5) is 5.69 Å². The van der Waals surface area contributed by atoms with E-state index >= 15 is 0 Å². The van der Waals surface area contributed by atoms with E-state index in [1.54, 1.807) is 12.3 Å². The average Bonchev–Trinajstić information content (AvgIpc) is 3.45. The Balaban J connectivity index is 1.60. The lowest BCUT2D eigenvalue weighted by atomic mass is 10.1. The van der Waals surface area contributed by atoms with Crippen molar-refractivity contribution in [2.75, 3.05) is 4.72 Å². The summed E-state index contributed by atoms with van der Waals surface area (Å²) < 4.78 is 31.7. The lowest BCUT2D eigenvalue weighted by Crippen LogP contribution is -2.13. The number of benzene rings is 3. The molecule has 0 saturated heterocycles. The van der Waals surface area contributed by atoms with E-state index in [0.29, 0.717) is 11.4 Å². The molecule has 5 rings (SSSR count). The third-order valence-corrected chi connectivity index (χ3v) is 7.13. The number of anilines is 1. The topological polar surface area (TPSA) is 64.0 Å². The molecule has 0 bridgehead atoms. The molecule has 1 N–H and O–H groups in total. The van der Waals surface area contributed by atoms with Crippen molar-refractivity contribution in [3.63, 3.8) is 0 Å². The first-order chi connectivity index (χ1) is 14.6. The van der Waals surface area contributed by atoms with Gasteiger partial charge in [0, 0.05) is 17.1 Å². The highest BCUT2D eigenvalue weighted by molar-refractivity contribution is 7.92. The van der Waals surface area contributed by atoms with Crippen molar-refractivity contribution >= 4 is 26.5 Å². The molecule has 0 atom stereocenters. The van der Waals surface area contributed by atoms with Gasteiger partial charge in [0.2, 0.25) is 0 Å². The van der Waals surface area contributed by atoms with Crippen LogP contribution in [-0.4, -0.2) is 18.2 Å². The van der Waals surface area contributed by atoms with Crippen LogP contribution in [-0.2, 0) is 10.0 Å². The summed E-state index contributed by atoms with van der Waals surface area (Å²) in [6.45, 7) is 0. The quantitative estimate of drug-likeness (QED) is 0.458. The fourth-order valence-corrected chi connectivity index (χ4v) is 5.48. The molecule has 1 aliphatic carbocycles. The maximum atomic E-state index is 13.5. The third kappa shape index (κ3) is 3.48. The van der Waals surface area contributed by atoms with Crippen molar-refractivity contribution in [3.8, 4) is 11.3 Å². The monoisotopic (exact) mass is 417 g/mol. The van der Waals surface area contributed by atoms with Crippen LogP contribution < -0.4 is 4.72 Å². The largest absolute Gasteiger partial charge is 0.279 e. The molecule has 30 heavy (non-hydrogen) atoms. The number of sulfonamides is 1. The molecule has 1 heterocycles. The Morgan fingerprint density at radius 1 is 0.867 bits per heavy atom. The average molecular weight is 418 g/mol. The SMILES string of the molecule is O=S(=O)(Nc1cccc2ccccc12)c1cn(C2CCCC2)nc1-c1ccccc1. The van der Waals surface area contributed by atoms with Gasteiger partial charge in [-0.2, -0.15) is 5.10 Å². The van der Waals surface area contributed by atoms with E-state index in [0.717, 1.165) is 42.0 Å². The van der Waals surface area contributed by atoms with Crippen LogP contribution >= 0.6 is 0 Å². The second-order valence-corrected chi connectivity index (χ2v) is 9.41. The summed E-state index contributed by atoms with van der Waals surface area (Å²) in [5.74, 6) is 0. The second kappa shape index (κ2) is 7.61. The Hall–Kier alpha value is -3.12. The molecule has 4 aromatic rings. The first-order valence-corrected chi connectivity index (χ1v) is 11.8. The predicted molar refractivity (Wildman–Crippen MR) is 120 cm³/mol. The number of aromatic nitrogens is 2. The van der Waals surface area contributed by atoms with Crippen molar-refractivity contribution in [1.82, 2.24) is 9.78 Å². The van der Waals surface area contributed by atoms with Gasteiger partial charge in [0.15, 0.2) is 0 Å². The number of rotatable bonds is 5. The summed E-state index contributed by atoms with van der Waals surface area (Å²) >= 11 is 0. The van der Waals surface area contributed by atoms with E-state index in [1.807, 2.05) is 71.4 Å². The highest BCUT2D eigenvalue weighted by Crippen LogP contribution is 2.34. The number of nitrogens with one attached hydrogen (secondary N) is 1. The van der Waals surface area contributed by atoms with Gasteiger partial charge in [0.05, 0.1) is 11.7 Å². The summed E-state index contributed by atoms with van der Waals surface area (Å²) in [7, 11) is -3.83. The van der Waals surface area contributed by atoms with Crippen molar-refractivity contribution in [1.29, 1.82) is 0 Å². The van der Waals surface area contributed by atoms with E-state index < -0.39 is 10.0 Å². The van der Waals surface area contributed by atoms with Crippen molar-refractivity contribution < 1.29 is 8.42 Å². The number of fused-ring (bicyclic) bond motifs is 1. The Bertz CT molecular complexity index is 1290. The maximum absolute atomic E-state index is 13.5. The number of hydrogen-bond donors (Lipinski definition) is 1. The molecule has 6 heteroatoms. The van der Waals surface area contributed by atoms with Crippen LogP contribution in [0.1, 0.15) is 31.7 Å². The molecule has 0 spiro atoms. The van der Waals surface area contributed by atoms with Gasteiger partial charge in [-0.25, -0.2) is 8.42 Å². The van der Waals surface area contributed by atoms with E-state index in [-0.39, 0.29) is 10.9 Å². The second-order valence-electron chi connectivity index (χ2n) is 7.76. The van der Waals surface area contributed by atoms with Gasteiger partial charge in [-0.15, -0.1) is 0 Å². The molecule has 0 radical (unpaired) electrons. The molecular weight excluding hydrogens is 394 g/mol. The minimum Gasteiger partial charge on any atom is -0.279 e. The Morgan fingerprint density at radius 3 is 2.37 bits per heavy atom. The molecule has 5 nitrogen and oxygen atoms in total. The van der Waals surface area contributed by atoms with Crippen molar-refractivity contribution in [2.24, 2.45) is 0 Å². The van der Waals surface area contributed by atoms with Gasteiger partial charge < -0.3 is 0 Å².